The Labute approximate surface area is 130 Å². The van der Waals surface area contributed by atoms with Gasteiger partial charge in [0.2, 0.25) is 0 Å². The van der Waals surface area contributed by atoms with Crippen LogP contribution >= 0.6 is 34.8 Å². The van der Waals surface area contributed by atoms with Crippen molar-refractivity contribution in [3.05, 3.63) is 21.3 Å². The minimum absolute atomic E-state index is 0.104. The van der Waals surface area contributed by atoms with Gasteiger partial charge >= 0.3 is 0 Å². The summed E-state index contributed by atoms with van der Waals surface area (Å²) in [6.07, 6.45) is 6.75. The third kappa shape index (κ3) is 4.92. The number of ether oxygens (including phenoxy) is 2. The molecule has 1 rings (SSSR count). The Bertz CT molecular complexity index is 541. The molecular formula is C12H12IN3O2S. The summed E-state index contributed by atoms with van der Waals surface area (Å²) >= 11 is 6.78. The van der Waals surface area contributed by atoms with Gasteiger partial charge in [-0.25, -0.2) is 0 Å². The van der Waals surface area contributed by atoms with E-state index in [-0.39, 0.29) is 11.7 Å². The number of thiocarbonyl (C=S) groups is 1. The highest BCUT2D eigenvalue weighted by Gasteiger charge is 2.10. The fourth-order valence-corrected chi connectivity index (χ4v) is 2.07. The number of nitrogens with zero attached hydrogens (tertiary/aromatic N) is 1. The van der Waals surface area contributed by atoms with Crippen molar-refractivity contribution in [1.29, 1.82) is 0 Å². The average Bonchev–Trinajstić information content (AvgIpc) is 2.36. The molecule has 1 aromatic rings. The van der Waals surface area contributed by atoms with E-state index in [1.54, 1.807) is 19.4 Å². The fraction of sp³-hybridized carbons (Fsp3) is 0.167. The number of rotatable bonds is 5. The molecule has 0 aliphatic heterocycles. The molecule has 0 aliphatic carbocycles. The second kappa shape index (κ2) is 7.81. The summed E-state index contributed by atoms with van der Waals surface area (Å²) in [5.74, 6) is 3.60. The number of benzene rings is 1. The van der Waals surface area contributed by atoms with Crippen LogP contribution in [0, 0.1) is 15.9 Å². The zero-order valence-electron chi connectivity index (χ0n) is 10.1. The Balaban J connectivity index is 2.99. The van der Waals surface area contributed by atoms with Crippen molar-refractivity contribution in [3.8, 4) is 23.8 Å². The average molecular weight is 389 g/mol. The molecule has 0 bridgehead atoms. The first-order valence-corrected chi connectivity index (χ1v) is 6.59. The number of nitrogens with two attached hydrogens (primary N) is 1. The molecular weight excluding hydrogens is 377 g/mol. The smallest absolute Gasteiger partial charge is 0.184 e. The van der Waals surface area contributed by atoms with E-state index >= 15 is 0 Å². The predicted molar refractivity (Wildman–Crippen MR) is 87.6 cm³/mol. The molecule has 0 saturated carbocycles. The van der Waals surface area contributed by atoms with Crippen LogP contribution in [-0.4, -0.2) is 25.0 Å². The van der Waals surface area contributed by atoms with Crippen LogP contribution < -0.4 is 20.6 Å². The Morgan fingerprint density at radius 2 is 2.42 bits per heavy atom. The zero-order chi connectivity index (χ0) is 14.3. The lowest BCUT2D eigenvalue weighted by atomic mass is 10.2. The second-order valence-corrected chi connectivity index (χ2v) is 4.86. The van der Waals surface area contributed by atoms with E-state index in [1.807, 2.05) is 6.07 Å². The maximum Gasteiger partial charge on any atom is 0.184 e. The van der Waals surface area contributed by atoms with Crippen LogP contribution in [-0.2, 0) is 0 Å². The topological polar surface area (TPSA) is 68.9 Å². The van der Waals surface area contributed by atoms with Crippen molar-refractivity contribution in [2.75, 3.05) is 13.7 Å². The van der Waals surface area contributed by atoms with Crippen LogP contribution in [0.1, 0.15) is 5.56 Å². The van der Waals surface area contributed by atoms with E-state index in [4.69, 9.17) is 21.6 Å². The quantitative estimate of drug-likeness (QED) is 0.263. The monoisotopic (exact) mass is 389 g/mol. The molecule has 0 fully saturated rings. The van der Waals surface area contributed by atoms with Gasteiger partial charge in [0.05, 0.1) is 16.9 Å². The maximum absolute atomic E-state index is 5.44. The molecule has 0 atom stereocenters. The summed E-state index contributed by atoms with van der Waals surface area (Å²) in [6, 6.07) is 3.65. The second-order valence-electron chi connectivity index (χ2n) is 3.26. The molecule has 19 heavy (non-hydrogen) atoms. The van der Waals surface area contributed by atoms with Crippen molar-refractivity contribution >= 4 is 46.1 Å². The predicted octanol–water partition coefficient (Wildman–Crippen LogP) is 1.48. The number of hydrogen-bond donors (Lipinski definition) is 2. The number of nitrogens with one attached hydrogen (secondary N) is 1. The Morgan fingerprint density at radius 3 is 3.00 bits per heavy atom. The summed E-state index contributed by atoms with van der Waals surface area (Å²) in [7, 11) is 1.56. The first-order chi connectivity index (χ1) is 9.08. The summed E-state index contributed by atoms with van der Waals surface area (Å²) in [5.41, 5.74) is 8.56. The van der Waals surface area contributed by atoms with E-state index < -0.39 is 0 Å². The molecule has 0 aromatic heterocycles. The van der Waals surface area contributed by atoms with Gasteiger partial charge in [0, 0.05) is 0 Å². The fourth-order valence-electron chi connectivity index (χ4n) is 1.24. The molecule has 7 heteroatoms. The molecule has 0 heterocycles. The number of hydrogen-bond acceptors (Lipinski definition) is 4. The van der Waals surface area contributed by atoms with E-state index in [1.165, 1.54) is 0 Å². The van der Waals surface area contributed by atoms with Crippen molar-refractivity contribution < 1.29 is 9.47 Å². The van der Waals surface area contributed by atoms with E-state index in [0.29, 0.717) is 11.5 Å². The largest absolute Gasteiger partial charge is 0.493 e. The highest BCUT2D eigenvalue weighted by molar-refractivity contribution is 14.1. The van der Waals surface area contributed by atoms with Crippen LogP contribution in [0.25, 0.3) is 0 Å². The Kier molecular flexibility index (Phi) is 6.38. The summed E-state index contributed by atoms with van der Waals surface area (Å²) < 4.78 is 11.6. The SMILES string of the molecule is C#CCOc1c(I)cc(/C=N/NC(N)=S)cc1OC. The summed E-state index contributed by atoms with van der Waals surface area (Å²) in [4.78, 5) is 0. The third-order valence-corrected chi connectivity index (χ3v) is 2.83. The van der Waals surface area contributed by atoms with E-state index in [9.17, 15) is 0 Å². The highest BCUT2D eigenvalue weighted by atomic mass is 127. The van der Waals surface area contributed by atoms with E-state index in [0.717, 1.165) is 9.13 Å². The number of halogens is 1. The Morgan fingerprint density at radius 1 is 1.68 bits per heavy atom. The molecule has 0 amide bonds. The molecule has 100 valence electrons. The highest BCUT2D eigenvalue weighted by Crippen LogP contribution is 2.33. The molecule has 5 nitrogen and oxygen atoms in total. The Hall–Kier alpha value is -1.53. The van der Waals surface area contributed by atoms with Crippen LogP contribution in [0.15, 0.2) is 17.2 Å². The maximum atomic E-state index is 5.44. The summed E-state index contributed by atoms with van der Waals surface area (Å²) in [6.45, 7) is 0.183. The van der Waals surface area contributed by atoms with Crippen molar-refractivity contribution in [2.24, 2.45) is 10.8 Å². The number of hydrazone groups is 1. The van der Waals surface area contributed by atoms with Gasteiger partial charge in [0.25, 0.3) is 0 Å². The molecule has 0 radical (unpaired) electrons. The molecule has 0 aliphatic rings. The first kappa shape index (κ1) is 15.5. The van der Waals surface area contributed by atoms with Crippen LogP contribution in [0.5, 0.6) is 11.5 Å². The molecule has 0 unspecified atom stereocenters. The number of methoxy groups -OCH3 is 1. The number of terminal acetylenes is 1. The molecule has 3 N–H and O–H groups in total. The van der Waals surface area contributed by atoms with E-state index in [2.05, 4.69) is 51.3 Å². The van der Waals surface area contributed by atoms with Gasteiger partial charge in [-0.1, -0.05) is 5.92 Å². The van der Waals surface area contributed by atoms with Crippen molar-refractivity contribution in [2.45, 2.75) is 0 Å². The first-order valence-electron chi connectivity index (χ1n) is 5.10. The lowest BCUT2D eigenvalue weighted by molar-refractivity contribution is 0.328. The van der Waals surface area contributed by atoms with Crippen LogP contribution in [0.4, 0.5) is 0 Å². The normalized spacial score (nSPS) is 9.95. The van der Waals surface area contributed by atoms with Gasteiger partial charge in [-0.05, 0) is 52.5 Å². The zero-order valence-corrected chi connectivity index (χ0v) is 13.1. The lowest BCUT2D eigenvalue weighted by Crippen LogP contribution is -2.24. The van der Waals surface area contributed by atoms with Gasteiger partial charge < -0.3 is 15.2 Å². The van der Waals surface area contributed by atoms with Crippen molar-refractivity contribution in [1.82, 2.24) is 5.43 Å². The minimum Gasteiger partial charge on any atom is -0.493 e. The summed E-state index contributed by atoms with van der Waals surface area (Å²) in [5, 5.41) is 3.98. The minimum atomic E-state index is 0.104. The van der Waals surface area contributed by atoms with Gasteiger partial charge in [-0.3, -0.25) is 5.43 Å². The standard InChI is InChI=1S/C12H12IN3O2S/c1-3-4-18-11-9(13)5-8(6-10(11)17-2)7-15-16-12(14)19/h1,5-7H,4H2,2H3,(H3,14,16,19)/b15-7+. The van der Waals surface area contributed by atoms with Crippen LogP contribution in [0.2, 0.25) is 0 Å². The van der Waals surface area contributed by atoms with Gasteiger partial charge in [-0.2, -0.15) is 5.10 Å². The van der Waals surface area contributed by atoms with Gasteiger partial charge in [-0.15, -0.1) is 6.42 Å². The van der Waals surface area contributed by atoms with Crippen LogP contribution in [0.3, 0.4) is 0 Å². The van der Waals surface area contributed by atoms with Crippen molar-refractivity contribution in [3.63, 3.8) is 0 Å². The molecule has 0 saturated heterocycles. The third-order valence-electron chi connectivity index (χ3n) is 1.94. The van der Waals surface area contributed by atoms with Gasteiger partial charge in [0.1, 0.15) is 6.61 Å². The molecule has 0 spiro atoms. The molecule has 1 aromatic carbocycles. The van der Waals surface area contributed by atoms with Gasteiger partial charge in [0.15, 0.2) is 16.6 Å². The lowest BCUT2D eigenvalue weighted by Gasteiger charge is -2.11.